The fourth-order valence-corrected chi connectivity index (χ4v) is 2.96. The average molecular weight is 375 g/mol. The molecule has 0 saturated heterocycles. The van der Waals surface area contributed by atoms with Crippen LogP contribution < -0.4 is 5.32 Å². The van der Waals surface area contributed by atoms with Crippen molar-refractivity contribution >= 4 is 28.3 Å². The third kappa shape index (κ3) is 4.39. The molecule has 4 nitrogen and oxygen atoms in total. The summed E-state index contributed by atoms with van der Waals surface area (Å²) in [7, 11) is 0. The highest BCUT2D eigenvalue weighted by Gasteiger charge is 2.20. The Kier molecular flexibility index (Phi) is 5.50. The number of carbonyl (C=O) groups is 2. The van der Waals surface area contributed by atoms with Gasteiger partial charge in [-0.15, -0.1) is 0 Å². The first-order valence-corrected chi connectivity index (χ1v) is 9.36. The number of hydrogen-bond acceptors (Lipinski definition) is 3. The van der Waals surface area contributed by atoms with Crippen LogP contribution in [0.1, 0.15) is 43.6 Å². The molecule has 0 bridgehead atoms. The van der Waals surface area contributed by atoms with E-state index in [2.05, 4.69) is 26.1 Å². The Labute approximate surface area is 165 Å². The van der Waals surface area contributed by atoms with Gasteiger partial charge >= 0.3 is 5.97 Å². The standard InChI is InChI=1S/C24H25NO3/c1-16(28-23(27)18-12-14-19(15-13-18)24(2,3)4)22(26)25-21-11-7-9-17-8-5-6-10-20(17)21/h5-16H,1-4H3,(H,25,26)/t16-/m1/s1. The van der Waals surface area contributed by atoms with Crippen molar-refractivity contribution in [3.63, 3.8) is 0 Å². The molecule has 0 aliphatic heterocycles. The quantitative estimate of drug-likeness (QED) is 0.628. The third-order valence-corrected chi connectivity index (χ3v) is 4.69. The van der Waals surface area contributed by atoms with Crippen LogP contribution in [0.25, 0.3) is 10.8 Å². The summed E-state index contributed by atoms with van der Waals surface area (Å²) in [6.07, 6.45) is -0.909. The Morgan fingerprint density at radius 1 is 0.893 bits per heavy atom. The maximum Gasteiger partial charge on any atom is 0.338 e. The molecule has 0 radical (unpaired) electrons. The van der Waals surface area contributed by atoms with E-state index in [9.17, 15) is 9.59 Å². The zero-order valence-electron chi connectivity index (χ0n) is 16.7. The fraction of sp³-hybridized carbons (Fsp3) is 0.250. The highest BCUT2D eigenvalue weighted by molar-refractivity contribution is 6.04. The molecule has 0 fully saturated rings. The lowest BCUT2D eigenvalue weighted by atomic mass is 9.87. The summed E-state index contributed by atoms with van der Waals surface area (Å²) in [4.78, 5) is 24.9. The number of hydrogen-bond donors (Lipinski definition) is 1. The number of amides is 1. The SMILES string of the molecule is C[C@@H](OC(=O)c1ccc(C(C)(C)C)cc1)C(=O)Nc1cccc2ccccc12. The largest absolute Gasteiger partial charge is 0.449 e. The van der Waals surface area contributed by atoms with Gasteiger partial charge in [0.25, 0.3) is 5.91 Å². The summed E-state index contributed by atoms with van der Waals surface area (Å²) in [5, 5.41) is 4.83. The number of fused-ring (bicyclic) bond motifs is 1. The summed E-state index contributed by atoms with van der Waals surface area (Å²) in [6, 6.07) is 20.8. The molecule has 3 aromatic rings. The number of benzene rings is 3. The van der Waals surface area contributed by atoms with Crippen molar-refractivity contribution in [1.29, 1.82) is 0 Å². The minimum absolute atomic E-state index is 0.00801. The molecule has 0 aliphatic rings. The molecule has 0 unspecified atom stereocenters. The van der Waals surface area contributed by atoms with E-state index in [0.29, 0.717) is 11.3 Å². The van der Waals surface area contributed by atoms with Gasteiger partial charge in [-0.05, 0) is 41.5 Å². The summed E-state index contributed by atoms with van der Waals surface area (Å²) >= 11 is 0. The van der Waals surface area contributed by atoms with Crippen molar-refractivity contribution in [3.8, 4) is 0 Å². The average Bonchev–Trinajstić information content (AvgIpc) is 2.67. The number of esters is 1. The fourth-order valence-electron chi connectivity index (χ4n) is 2.96. The molecule has 0 aliphatic carbocycles. The summed E-state index contributed by atoms with van der Waals surface area (Å²) < 4.78 is 5.36. The van der Waals surface area contributed by atoms with E-state index >= 15 is 0 Å². The highest BCUT2D eigenvalue weighted by atomic mass is 16.5. The first-order valence-electron chi connectivity index (χ1n) is 9.36. The van der Waals surface area contributed by atoms with Crippen LogP contribution in [-0.2, 0) is 14.9 Å². The smallest absolute Gasteiger partial charge is 0.338 e. The Morgan fingerprint density at radius 3 is 2.21 bits per heavy atom. The lowest BCUT2D eigenvalue weighted by molar-refractivity contribution is -0.123. The second-order valence-corrected chi connectivity index (χ2v) is 7.89. The molecule has 3 aromatic carbocycles. The van der Waals surface area contributed by atoms with E-state index in [1.54, 1.807) is 19.1 Å². The predicted molar refractivity (Wildman–Crippen MR) is 113 cm³/mol. The summed E-state index contributed by atoms with van der Waals surface area (Å²) in [5.41, 5.74) is 2.26. The van der Waals surface area contributed by atoms with E-state index in [4.69, 9.17) is 4.74 Å². The molecular weight excluding hydrogens is 350 g/mol. The molecule has 144 valence electrons. The van der Waals surface area contributed by atoms with Gasteiger partial charge in [0, 0.05) is 11.1 Å². The van der Waals surface area contributed by atoms with E-state index in [0.717, 1.165) is 16.3 Å². The molecular formula is C24H25NO3. The molecule has 1 N–H and O–H groups in total. The Morgan fingerprint density at radius 2 is 1.54 bits per heavy atom. The minimum atomic E-state index is -0.909. The number of rotatable bonds is 4. The van der Waals surface area contributed by atoms with Crippen LogP contribution in [0.15, 0.2) is 66.7 Å². The molecule has 0 saturated carbocycles. The van der Waals surface area contributed by atoms with E-state index < -0.39 is 12.1 Å². The third-order valence-electron chi connectivity index (χ3n) is 4.69. The van der Waals surface area contributed by atoms with Crippen LogP contribution in [0.5, 0.6) is 0 Å². The monoisotopic (exact) mass is 375 g/mol. The molecule has 0 aromatic heterocycles. The van der Waals surface area contributed by atoms with Gasteiger partial charge in [-0.25, -0.2) is 4.79 Å². The van der Waals surface area contributed by atoms with Gasteiger partial charge in [0.1, 0.15) is 0 Å². The minimum Gasteiger partial charge on any atom is -0.449 e. The molecule has 3 rings (SSSR count). The molecule has 0 spiro atoms. The summed E-state index contributed by atoms with van der Waals surface area (Å²) in [5.74, 6) is -0.878. The maximum absolute atomic E-state index is 12.5. The van der Waals surface area contributed by atoms with Gasteiger partial charge in [0.2, 0.25) is 0 Å². The van der Waals surface area contributed by atoms with Gasteiger partial charge in [-0.1, -0.05) is 69.3 Å². The topological polar surface area (TPSA) is 55.4 Å². The molecule has 28 heavy (non-hydrogen) atoms. The second kappa shape index (κ2) is 7.85. The van der Waals surface area contributed by atoms with Crippen LogP contribution in [0, 0.1) is 0 Å². The van der Waals surface area contributed by atoms with Crippen molar-refractivity contribution in [2.75, 3.05) is 5.32 Å². The van der Waals surface area contributed by atoms with Gasteiger partial charge < -0.3 is 10.1 Å². The van der Waals surface area contributed by atoms with Crippen molar-refractivity contribution in [3.05, 3.63) is 77.9 Å². The van der Waals surface area contributed by atoms with Crippen LogP contribution in [0.4, 0.5) is 5.69 Å². The maximum atomic E-state index is 12.5. The summed E-state index contributed by atoms with van der Waals surface area (Å²) in [6.45, 7) is 7.90. The van der Waals surface area contributed by atoms with E-state index in [-0.39, 0.29) is 11.3 Å². The molecule has 1 atom stereocenters. The van der Waals surface area contributed by atoms with Crippen LogP contribution in [0.2, 0.25) is 0 Å². The van der Waals surface area contributed by atoms with Gasteiger partial charge in [-0.3, -0.25) is 4.79 Å². The van der Waals surface area contributed by atoms with Crippen LogP contribution in [0.3, 0.4) is 0 Å². The molecule has 4 heteroatoms. The first kappa shape index (κ1) is 19.6. The molecule has 0 heterocycles. The van der Waals surface area contributed by atoms with Crippen molar-refractivity contribution in [1.82, 2.24) is 0 Å². The lowest BCUT2D eigenvalue weighted by Crippen LogP contribution is -2.30. The Bertz CT molecular complexity index is 995. The zero-order chi connectivity index (χ0) is 20.3. The second-order valence-electron chi connectivity index (χ2n) is 7.89. The zero-order valence-corrected chi connectivity index (χ0v) is 16.7. The van der Waals surface area contributed by atoms with Gasteiger partial charge in [0.05, 0.1) is 5.56 Å². The van der Waals surface area contributed by atoms with E-state index in [1.807, 2.05) is 54.6 Å². The van der Waals surface area contributed by atoms with E-state index in [1.165, 1.54) is 0 Å². The van der Waals surface area contributed by atoms with Crippen molar-refractivity contribution in [2.24, 2.45) is 0 Å². The number of anilines is 1. The first-order chi connectivity index (χ1) is 13.3. The van der Waals surface area contributed by atoms with Crippen LogP contribution in [-0.4, -0.2) is 18.0 Å². The van der Waals surface area contributed by atoms with Gasteiger partial charge in [0.15, 0.2) is 6.10 Å². The highest BCUT2D eigenvalue weighted by Crippen LogP contribution is 2.24. The number of nitrogens with one attached hydrogen (secondary N) is 1. The Hall–Kier alpha value is -3.14. The lowest BCUT2D eigenvalue weighted by Gasteiger charge is -2.19. The van der Waals surface area contributed by atoms with Crippen molar-refractivity contribution < 1.29 is 14.3 Å². The van der Waals surface area contributed by atoms with Gasteiger partial charge in [-0.2, -0.15) is 0 Å². The molecule has 1 amide bonds. The number of ether oxygens (including phenoxy) is 1. The Balaban J connectivity index is 1.67. The van der Waals surface area contributed by atoms with Crippen LogP contribution >= 0.6 is 0 Å². The normalized spacial score (nSPS) is 12.4. The number of carbonyl (C=O) groups excluding carboxylic acids is 2. The van der Waals surface area contributed by atoms with Crippen molar-refractivity contribution in [2.45, 2.75) is 39.2 Å². The predicted octanol–water partition coefficient (Wildman–Crippen LogP) is 5.32.